The quantitative estimate of drug-likeness (QED) is 0.225. The fraction of sp³-hybridized carbons (Fsp3) is 1.00. The zero-order valence-corrected chi connectivity index (χ0v) is 6.03. The molecule has 0 aliphatic carbocycles. The van der Waals surface area contributed by atoms with Gasteiger partial charge in [-0.3, -0.25) is 0 Å². The van der Waals surface area contributed by atoms with Gasteiger partial charge in [-0.25, -0.2) is 0 Å². The largest absolute Gasteiger partial charge is 0.382 e. The summed E-state index contributed by atoms with van der Waals surface area (Å²) in [6, 6.07) is 0. The summed E-state index contributed by atoms with van der Waals surface area (Å²) in [5.74, 6) is 0. The van der Waals surface area contributed by atoms with Gasteiger partial charge < -0.3 is 25.5 Å². The van der Waals surface area contributed by atoms with Crippen LogP contribution >= 0.6 is 0 Å². The molecule has 0 rings (SSSR count). The van der Waals surface area contributed by atoms with Gasteiger partial charge in [-0.05, 0) is 0 Å². The molecule has 0 aliphatic rings. The van der Waals surface area contributed by atoms with Crippen LogP contribution in [-0.2, 0) is 21.7 Å². The first-order valence-corrected chi connectivity index (χ1v) is 1.96. The summed E-state index contributed by atoms with van der Waals surface area (Å²) in [6.45, 7) is 0. The van der Waals surface area contributed by atoms with E-state index >= 15 is 0 Å². The normalized spacial score (nSPS) is 10.7. The molecule has 0 aliphatic heterocycles. The molecule has 0 heterocycles. The number of rotatable bonds is 2. The monoisotopic (exact) mass is 172 g/mol. The van der Waals surface area contributed by atoms with Gasteiger partial charge in [0, 0.05) is 21.7 Å². The van der Waals surface area contributed by atoms with Crippen molar-refractivity contribution in [2.75, 3.05) is 0 Å². The molecule has 0 spiro atoms. The summed E-state index contributed by atoms with van der Waals surface area (Å²) in [5.41, 5.74) is 0. The van der Waals surface area contributed by atoms with Gasteiger partial charge in [0.15, 0.2) is 18.7 Å². The number of hydrogen-bond donors (Lipinski definition) is 5. The number of aliphatic hydroxyl groups excluding tert-OH is 3. The van der Waals surface area contributed by atoms with Crippen molar-refractivity contribution in [3.05, 3.63) is 0 Å². The van der Waals surface area contributed by atoms with Gasteiger partial charge in [0.2, 0.25) is 0 Å². The van der Waals surface area contributed by atoms with Crippen LogP contribution < -0.4 is 0 Å². The third-order valence-electron chi connectivity index (χ3n) is 0.611. The molecule has 0 atom stereocenters. The second kappa shape index (κ2) is 5.31. The van der Waals surface area contributed by atoms with E-state index in [1.807, 2.05) is 0 Å². The summed E-state index contributed by atoms with van der Waals surface area (Å²) >= 11 is 0. The van der Waals surface area contributed by atoms with E-state index in [9.17, 15) is 0 Å². The molecular weight excluding hydrogens is 164 g/mol. The second-order valence-electron chi connectivity index (χ2n) is 1.32. The van der Waals surface area contributed by atoms with E-state index in [4.69, 9.17) is 25.5 Å². The average Bonchev–Trinajstić information content (AvgIpc) is 1.64. The summed E-state index contributed by atoms with van der Waals surface area (Å²) in [5, 5.41) is 40.1. The van der Waals surface area contributed by atoms with E-state index in [0.29, 0.717) is 0 Å². The van der Waals surface area contributed by atoms with Crippen LogP contribution in [0.15, 0.2) is 0 Å². The van der Waals surface area contributed by atoms with E-state index in [2.05, 4.69) is 0 Å². The molecule has 0 aromatic carbocycles. The Kier molecular flexibility index (Phi) is 7.21. The Bertz CT molecular complexity index is 57.2. The van der Waals surface area contributed by atoms with Gasteiger partial charge in [-0.1, -0.05) is 0 Å². The fourth-order valence-electron chi connectivity index (χ4n) is 0.154. The van der Waals surface area contributed by atoms with Crippen molar-refractivity contribution in [3.63, 3.8) is 0 Å². The van der Waals surface area contributed by atoms with E-state index < -0.39 is 18.7 Å². The topological polar surface area (TPSA) is 101 Å². The summed E-state index contributed by atoms with van der Waals surface area (Å²) in [4.78, 5) is 0. The van der Waals surface area contributed by atoms with Gasteiger partial charge in [0.05, 0.1) is 0 Å². The molecule has 0 bridgehead atoms. The first-order valence-electron chi connectivity index (χ1n) is 1.96. The van der Waals surface area contributed by atoms with Crippen molar-refractivity contribution in [2.24, 2.45) is 0 Å². The molecular formula is C3H8O5Ti. The molecule has 0 fully saturated rings. The smallest absolute Gasteiger partial charge is 0.183 e. The molecule has 0 aromatic rings. The Morgan fingerprint density at radius 1 is 0.667 bits per heavy atom. The van der Waals surface area contributed by atoms with E-state index in [1.165, 1.54) is 0 Å². The maximum Gasteiger partial charge on any atom is 0.183 e. The van der Waals surface area contributed by atoms with Crippen LogP contribution in [0.1, 0.15) is 0 Å². The molecule has 5 N–H and O–H groups in total. The Morgan fingerprint density at radius 3 is 0.889 bits per heavy atom. The van der Waals surface area contributed by atoms with E-state index in [0.717, 1.165) is 0 Å². The maximum atomic E-state index is 8.20. The molecule has 0 saturated carbocycles. The van der Waals surface area contributed by atoms with Gasteiger partial charge in [0.1, 0.15) is 0 Å². The first kappa shape index (κ1) is 12.2. The molecule has 54 valence electrons. The predicted octanol–water partition coefficient (Wildman–Crippen LogP) is -3.03. The molecule has 0 aromatic heterocycles. The zero-order chi connectivity index (χ0) is 6.73. The minimum atomic E-state index is -2.10. The molecule has 0 unspecified atom stereocenters. The van der Waals surface area contributed by atoms with Crippen molar-refractivity contribution in [2.45, 2.75) is 18.7 Å². The average molecular weight is 172 g/mol. The van der Waals surface area contributed by atoms with Crippen LogP contribution in [0.2, 0.25) is 0 Å². The fourth-order valence-corrected chi connectivity index (χ4v) is 0.154. The van der Waals surface area contributed by atoms with Crippen molar-refractivity contribution in [1.82, 2.24) is 0 Å². The van der Waals surface area contributed by atoms with Crippen molar-refractivity contribution < 1.29 is 47.3 Å². The predicted molar refractivity (Wildman–Crippen MR) is 22.5 cm³/mol. The Balaban J connectivity index is 0. The van der Waals surface area contributed by atoms with Crippen molar-refractivity contribution >= 4 is 0 Å². The van der Waals surface area contributed by atoms with Crippen LogP contribution in [-0.4, -0.2) is 44.2 Å². The first-order chi connectivity index (χ1) is 3.55. The third kappa shape index (κ3) is 4.98. The van der Waals surface area contributed by atoms with Gasteiger partial charge in [-0.15, -0.1) is 0 Å². The van der Waals surface area contributed by atoms with Crippen LogP contribution in [0.25, 0.3) is 0 Å². The van der Waals surface area contributed by atoms with E-state index in [1.54, 1.807) is 0 Å². The molecule has 0 radical (unpaired) electrons. The summed E-state index contributed by atoms with van der Waals surface area (Å²) in [6.07, 6.45) is -6.11. The van der Waals surface area contributed by atoms with Crippen LogP contribution in [0.3, 0.4) is 0 Å². The number of hydrogen-bond acceptors (Lipinski definition) is 5. The van der Waals surface area contributed by atoms with Gasteiger partial charge in [-0.2, -0.15) is 0 Å². The van der Waals surface area contributed by atoms with Gasteiger partial charge >= 0.3 is 0 Å². The summed E-state index contributed by atoms with van der Waals surface area (Å²) < 4.78 is 0. The standard InChI is InChI=1S/C3H8O5.Ti/c4-1(2(5)6)3(7)8;/h1-8H;. The Hall–Kier alpha value is 0.514. The maximum absolute atomic E-state index is 8.20. The minimum Gasteiger partial charge on any atom is -0.382 e. The van der Waals surface area contributed by atoms with Crippen LogP contribution in [0.5, 0.6) is 0 Å². The number of aliphatic hydroxyl groups is 5. The zero-order valence-electron chi connectivity index (χ0n) is 4.47. The second-order valence-corrected chi connectivity index (χ2v) is 1.32. The third-order valence-corrected chi connectivity index (χ3v) is 0.611. The SMILES string of the molecule is OC(O)C(O)C(O)O.[Ti]. The Morgan fingerprint density at radius 2 is 0.889 bits per heavy atom. The molecule has 6 heteroatoms. The molecule has 0 amide bonds. The van der Waals surface area contributed by atoms with Crippen molar-refractivity contribution in [1.29, 1.82) is 0 Å². The van der Waals surface area contributed by atoms with Crippen molar-refractivity contribution in [3.8, 4) is 0 Å². The molecule has 0 saturated heterocycles. The van der Waals surface area contributed by atoms with Crippen LogP contribution in [0, 0.1) is 0 Å². The molecule has 5 nitrogen and oxygen atoms in total. The molecule has 9 heavy (non-hydrogen) atoms. The van der Waals surface area contributed by atoms with Gasteiger partial charge in [0.25, 0.3) is 0 Å². The van der Waals surface area contributed by atoms with E-state index in [-0.39, 0.29) is 21.7 Å². The van der Waals surface area contributed by atoms with Crippen LogP contribution in [0.4, 0.5) is 0 Å². The minimum absolute atomic E-state index is 0. The summed E-state index contributed by atoms with van der Waals surface area (Å²) in [7, 11) is 0. The Labute approximate surface area is 66.4 Å².